The van der Waals surface area contributed by atoms with Gasteiger partial charge in [-0.05, 0) is 12.1 Å². The smallest absolute Gasteiger partial charge is 0.0988 e. The van der Waals surface area contributed by atoms with E-state index in [1.165, 1.54) is 11.8 Å². The second kappa shape index (κ2) is 4.34. The molecule has 0 aliphatic rings. The number of benzene rings is 1. The normalized spacial score (nSPS) is 9.70. The van der Waals surface area contributed by atoms with Gasteiger partial charge < -0.3 is 0 Å². The zero-order valence-electron chi connectivity index (χ0n) is 5.51. The molecule has 53 valence electrons. The molecule has 0 amide bonds. The largest absolute Gasteiger partial charge is 0.250 e. The second-order valence-electron chi connectivity index (χ2n) is 1.76. The van der Waals surface area contributed by atoms with E-state index in [0.29, 0.717) is 5.75 Å². The summed E-state index contributed by atoms with van der Waals surface area (Å²) in [4.78, 5) is 1.01. The Morgan fingerprint density at radius 3 is 3.00 bits per heavy atom. The van der Waals surface area contributed by atoms with Gasteiger partial charge in [-0.3, -0.25) is 4.39 Å². The van der Waals surface area contributed by atoms with E-state index in [-0.39, 0.29) is 6.67 Å². The summed E-state index contributed by atoms with van der Waals surface area (Å²) < 4.78 is 11.6. The Labute approximate surface area is 64.4 Å². The number of thioether (sulfide) groups is 1. The van der Waals surface area contributed by atoms with Crippen LogP contribution in [0.3, 0.4) is 0 Å². The van der Waals surface area contributed by atoms with Crippen LogP contribution in [0.2, 0.25) is 0 Å². The monoisotopic (exact) mass is 155 g/mol. The lowest BCUT2D eigenvalue weighted by Crippen LogP contribution is -1.78. The highest BCUT2D eigenvalue weighted by atomic mass is 32.2. The van der Waals surface area contributed by atoms with Crippen molar-refractivity contribution in [1.82, 2.24) is 0 Å². The predicted octanol–water partition coefficient (Wildman–Crippen LogP) is 2.55. The van der Waals surface area contributed by atoms with Crippen LogP contribution >= 0.6 is 11.8 Å². The molecule has 0 fully saturated rings. The lowest BCUT2D eigenvalue weighted by Gasteiger charge is -1.94. The van der Waals surface area contributed by atoms with Crippen LogP contribution in [0, 0.1) is 6.07 Å². The number of alkyl halides is 1. The molecule has 0 saturated carbocycles. The van der Waals surface area contributed by atoms with E-state index < -0.39 is 0 Å². The van der Waals surface area contributed by atoms with Crippen molar-refractivity contribution in [1.29, 1.82) is 0 Å². The summed E-state index contributed by atoms with van der Waals surface area (Å²) in [5.74, 6) is 0.528. The third kappa shape index (κ3) is 2.40. The highest BCUT2D eigenvalue weighted by molar-refractivity contribution is 7.99. The molecule has 1 aromatic carbocycles. The van der Waals surface area contributed by atoms with E-state index in [4.69, 9.17) is 0 Å². The van der Waals surface area contributed by atoms with Crippen LogP contribution in [0.25, 0.3) is 0 Å². The number of hydrogen-bond acceptors (Lipinski definition) is 1. The van der Waals surface area contributed by atoms with Gasteiger partial charge in [-0.2, -0.15) is 0 Å². The lowest BCUT2D eigenvalue weighted by atomic mass is 10.4. The van der Waals surface area contributed by atoms with Crippen LogP contribution in [-0.2, 0) is 0 Å². The van der Waals surface area contributed by atoms with E-state index >= 15 is 0 Å². The summed E-state index contributed by atoms with van der Waals surface area (Å²) in [5, 5.41) is 0. The fraction of sp³-hybridized carbons (Fsp3) is 0.250. The molecule has 0 aliphatic carbocycles. The van der Waals surface area contributed by atoms with Crippen LogP contribution in [0.5, 0.6) is 0 Å². The first-order valence-corrected chi connectivity index (χ1v) is 4.07. The summed E-state index contributed by atoms with van der Waals surface area (Å²) in [6, 6.07) is 10.6. The zero-order valence-corrected chi connectivity index (χ0v) is 6.33. The Kier molecular flexibility index (Phi) is 3.30. The summed E-state index contributed by atoms with van der Waals surface area (Å²) in [7, 11) is 0. The molecule has 0 N–H and O–H groups in total. The van der Waals surface area contributed by atoms with Crippen molar-refractivity contribution in [2.45, 2.75) is 4.90 Å². The fourth-order valence-electron chi connectivity index (χ4n) is 0.615. The Bertz CT molecular complexity index is 174. The standard InChI is InChI=1S/C8H8FS/c9-6-7-10-8-4-2-1-3-5-8/h1-4H,6-7H2. The SMILES string of the molecule is FCCSc1[c]cccc1. The van der Waals surface area contributed by atoms with Crippen molar-refractivity contribution in [2.24, 2.45) is 0 Å². The molecule has 0 saturated heterocycles. The average molecular weight is 155 g/mol. The molecular weight excluding hydrogens is 147 g/mol. The van der Waals surface area contributed by atoms with Crippen LogP contribution in [0.4, 0.5) is 4.39 Å². The van der Waals surface area contributed by atoms with Gasteiger partial charge in [0.2, 0.25) is 0 Å². The van der Waals surface area contributed by atoms with Gasteiger partial charge in [0.15, 0.2) is 0 Å². The minimum atomic E-state index is -0.270. The molecule has 0 aliphatic heterocycles. The maximum Gasteiger partial charge on any atom is 0.0988 e. The van der Waals surface area contributed by atoms with Crippen molar-refractivity contribution in [3.8, 4) is 0 Å². The highest BCUT2D eigenvalue weighted by Crippen LogP contribution is 2.15. The third-order valence-corrected chi connectivity index (χ3v) is 1.94. The molecule has 0 bridgehead atoms. The summed E-state index contributed by atoms with van der Waals surface area (Å²) in [6.45, 7) is -0.270. The first kappa shape index (κ1) is 7.61. The van der Waals surface area contributed by atoms with Crippen LogP contribution in [-0.4, -0.2) is 12.4 Å². The zero-order chi connectivity index (χ0) is 7.23. The Morgan fingerprint density at radius 1 is 1.50 bits per heavy atom. The van der Waals surface area contributed by atoms with Crippen LogP contribution in [0.1, 0.15) is 0 Å². The minimum Gasteiger partial charge on any atom is -0.250 e. The molecule has 1 rings (SSSR count). The second-order valence-corrected chi connectivity index (χ2v) is 2.90. The van der Waals surface area contributed by atoms with Gasteiger partial charge >= 0.3 is 0 Å². The predicted molar refractivity (Wildman–Crippen MR) is 42.0 cm³/mol. The Hall–Kier alpha value is -0.500. The molecule has 10 heavy (non-hydrogen) atoms. The summed E-state index contributed by atoms with van der Waals surface area (Å²) >= 11 is 1.49. The van der Waals surface area contributed by atoms with Gasteiger partial charge in [-0.15, -0.1) is 11.8 Å². The molecule has 0 heterocycles. The first-order valence-electron chi connectivity index (χ1n) is 3.09. The van der Waals surface area contributed by atoms with Gasteiger partial charge in [0.05, 0.1) is 6.67 Å². The Balaban J connectivity index is 2.43. The quantitative estimate of drug-likeness (QED) is 0.604. The van der Waals surface area contributed by atoms with Crippen molar-refractivity contribution < 1.29 is 4.39 Å². The van der Waals surface area contributed by atoms with Gasteiger partial charge in [-0.1, -0.05) is 18.2 Å². The molecule has 1 aromatic rings. The topological polar surface area (TPSA) is 0 Å². The molecule has 0 aromatic heterocycles. The van der Waals surface area contributed by atoms with Crippen molar-refractivity contribution in [2.75, 3.05) is 12.4 Å². The first-order chi connectivity index (χ1) is 4.93. The maximum atomic E-state index is 11.6. The third-order valence-electron chi connectivity index (χ3n) is 1.02. The molecule has 2 heteroatoms. The fourth-order valence-corrected chi connectivity index (χ4v) is 1.24. The van der Waals surface area contributed by atoms with Gasteiger partial charge in [-0.25, -0.2) is 0 Å². The molecular formula is C8H8FS. The number of rotatable bonds is 3. The van der Waals surface area contributed by atoms with Gasteiger partial charge in [0.25, 0.3) is 0 Å². The van der Waals surface area contributed by atoms with Crippen molar-refractivity contribution >= 4 is 11.8 Å². The van der Waals surface area contributed by atoms with Crippen LogP contribution < -0.4 is 0 Å². The molecule has 0 spiro atoms. The van der Waals surface area contributed by atoms with Crippen LogP contribution in [0.15, 0.2) is 29.2 Å². The van der Waals surface area contributed by atoms with Gasteiger partial charge in [0, 0.05) is 10.6 Å². The van der Waals surface area contributed by atoms with Gasteiger partial charge in [0.1, 0.15) is 0 Å². The highest BCUT2D eigenvalue weighted by Gasteiger charge is 1.89. The maximum absolute atomic E-state index is 11.6. The summed E-state index contributed by atoms with van der Waals surface area (Å²) in [6.07, 6.45) is 0. The molecule has 0 unspecified atom stereocenters. The van der Waals surface area contributed by atoms with E-state index in [9.17, 15) is 4.39 Å². The van der Waals surface area contributed by atoms with E-state index in [2.05, 4.69) is 6.07 Å². The van der Waals surface area contributed by atoms with Crippen molar-refractivity contribution in [3.05, 3.63) is 30.3 Å². The molecule has 1 radical (unpaired) electrons. The Morgan fingerprint density at radius 2 is 2.40 bits per heavy atom. The molecule has 0 nitrogen and oxygen atoms in total. The minimum absolute atomic E-state index is 0.270. The number of hydrogen-bond donors (Lipinski definition) is 0. The van der Waals surface area contributed by atoms with E-state index in [1.807, 2.05) is 24.3 Å². The number of halogens is 1. The van der Waals surface area contributed by atoms with E-state index in [1.54, 1.807) is 0 Å². The molecule has 0 atom stereocenters. The summed E-state index contributed by atoms with van der Waals surface area (Å²) in [5.41, 5.74) is 0. The average Bonchev–Trinajstić information content (AvgIpc) is 2.03. The lowest BCUT2D eigenvalue weighted by molar-refractivity contribution is 0.533. The van der Waals surface area contributed by atoms with E-state index in [0.717, 1.165) is 4.90 Å². The van der Waals surface area contributed by atoms with Crippen molar-refractivity contribution in [3.63, 3.8) is 0 Å².